The van der Waals surface area contributed by atoms with Gasteiger partial charge in [0, 0.05) is 17.9 Å². The Labute approximate surface area is 128 Å². The zero-order chi connectivity index (χ0) is 13.8. The van der Waals surface area contributed by atoms with Gasteiger partial charge < -0.3 is 4.90 Å². The Bertz CT molecular complexity index is 457. The molecule has 2 nitrogen and oxygen atoms in total. The van der Waals surface area contributed by atoms with Gasteiger partial charge in [-0.1, -0.05) is 46.4 Å². The van der Waals surface area contributed by atoms with Crippen molar-refractivity contribution in [2.45, 2.75) is 38.6 Å². The summed E-state index contributed by atoms with van der Waals surface area (Å²) in [5, 5.41) is 1.36. The fourth-order valence-corrected chi connectivity index (χ4v) is 3.40. The summed E-state index contributed by atoms with van der Waals surface area (Å²) in [4.78, 5) is 14.7. The lowest BCUT2D eigenvalue weighted by Crippen LogP contribution is -2.40. The lowest BCUT2D eigenvalue weighted by Gasteiger charge is -2.28. The van der Waals surface area contributed by atoms with E-state index in [0.29, 0.717) is 16.6 Å². The minimum absolute atomic E-state index is 0.0661. The number of rotatable bonds is 4. The summed E-state index contributed by atoms with van der Waals surface area (Å²) < 4.78 is 0. The molecule has 0 unspecified atom stereocenters. The molecule has 0 heterocycles. The molecule has 4 heteroatoms. The van der Waals surface area contributed by atoms with Crippen molar-refractivity contribution in [2.75, 3.05) is 11.9 Å². The summed E-state index contributed by atoms with van der Waals surface area (Å²) in [7, 11) is 0. The van der Waals surface area contributed by atoms with Crippen LogP contribution in [0.25, 0.3) is 0 Å². The van der Waals surface area contributed by atoms with E-state index < -0.39 is 0 Å². The highest BCUT2D eigenvalue weighted by Crippen LogP contribution is 2.27. The Morgan fingerprint density at radius 2 is 2.11 bits per heavy atom. The van der Waals surface area contributed by atoms with E-state index >= 15 is 0 Å². The van der Waals surface area contributed by atoms with Crippen molar-refractivity contribution < 1.29 is 4.79 Å². The molecule has 1 aromatic carbocycles. The van der Waals surface area contributed by atoms with Crippen LogP contribution >= 0.6 is 27.5 Å². The third-order valence-electron chi connectivity index (χ3n) is 3.71. The molecular weight excluding hydrogens is 326 g/mol. The number of aryl methyl sites for hydroxylation is 1. The van der Waals surface area contributed by atoms with Crippen LogP contribution in [-0.4, -0.2) is 28.7 Å². The second kappa shape index (κ2) is 6.76. The van der Waals surface area contributed by atoms with Gasteiger partial charge in [0.15, 0.2) is 0 Å². The summed E-state index contributed by atoms with van der Waals surface area (Å²) in [5.41, 5.74) is 1.70. The first-order chi connectivity index (χ1) is 9.13. The van der Waals surface area contributed by atoms with Crippen molar-refractivity contribution in [1.29, 1.82) is 0 Å². The lowest BCUT2D eigenvalue weighted by molar-refractivity contribution is 0.0696. The van der Waals surface area contributed by atoms with Crippen molar-refractivity contribution in [2.24, 2.45) is 0 Å². The van der Waals surface area contributed by atoms with Crippen LogP contribution < -0.4 is 0 Å². The minimum Gasteiger partial charge on any atom is -0.335 e. The molecule has 0 radical (unpaired) electrons. The van der Waals surface area contributed by atoms with E-state index in [9.17, 15) is 4.79 Å². The second-order valence-electron chi connectivity index (χ2n) is 5.11. The zero-order valence-corrected chi connectivity index (χ0v) is 13.5. The average Bonchev–Trinajstić information content (AvgIpc) is 2.89. The van der Waals surface area contributed by atoms with E-state index in [-0.39, 0.29) is 5.91 Å². The maximum absolute atomic E-state index is 12.7. The van der Waals surface area contributed by atoms with Gasteiger partial charge in [0.05, 0.1) is 10.6 Å². The number of alkyl halides is 1. The number of halogens is 2. The summed E-state index contributed by atoms with van der Waals surface area (Å²) in [6, 6.07) is 6.02. The average molecular weight is 345 g/mol. The normalized spacial score (nSPS) is 15.7. The van der Waals surface area contributed by atoms with Crippen molar-refractivity contribution in [3.63, 3.8) is 0 Å². The van der Waals surface area contributed by atoms with Crippen LogP contribution in [0.3, 0.4) is 0 Å². The number of hydrogen-bond donors (Lipinski definition) is 0. The van der Waals surface area contributed by atoms with Gasteiger partial charge in [0.1, 0.15) is 0 Å². The van der Waals surface area contributed by atoms with E-state index in [2.05, 4.69) is 15.9 Å². The molecule has 0 aliphatic heterocycles. The molecule has 1 saturated carbocycles. The molecule has 0 saturated heterocycles. The minimum atomic E-state index is 0.0661. The Morgan fingerprint density at radius 3 is 2.68 bits per heavy atom. The molecule has 1 amide bonds. The van der Waals surface area contributed by atoms with Crippen molar-refractivity contribution in [3.8, 4) is 0 Å². The zero-order valence-electron chi connectivity index (χ0n) is 11.2. The first-order valence-electron chi connectivity index (χ1n) is 6.76. The van der Waals surface area contributed by atoms with Crippen LogP contribution in [0.2, 0.25) is 5.02 Å². The maximum Gasteiger partial charge on any atom is 0.255 e. The second-order valence-corrected chi connectivity index (χ2v) is 6.31. The molecule has 0 atom stereocenters. The maximum atomic E-state index is 12.7. The van der Waals surface area contributed by atoms with E-state index in [1.807, 2.05) is 30.0 Å². The van der Waals surface area contributed by atoms with Gasteiger partial charge in [-0.25, -0.2) is 0 Å². The molecule has 104 valence electrons. The number of carbonyl (C=O) groups is 1. The van der Waals surface area contributed by atoms with Crippen LogP contribution in [0.1, 0.15) is 41.6 Å². The third kappa shape index (κ3) is 3.51. The van der Waals surface area contributed by atoms with Gasteiger partial charge >= 0.3 is 0 Å². The van der Waals surface area contributed by atoms with Crippen molar-refractivity contribution >= 4 is 33.4 Å². The lowest BCUT2D eigenvalue weighted by atomic mass is 10.1. The fraction of sp³-hybridized carbons (Fsp3) is 0.533. The Kier molecular flexibility index (Phi) is 5.28. The molecule has 1 fully saturated rings. The molecule has 1 aliphatic carbocycles. The first-order valence-corrected chi connectivity index (χ1v) is 8.26. The highest BCUT2D eigenvalue weighted by Gasteiger charge is 2.27. The van der Waals surface area contributed by atoms with Crippen LogP contribution in [0.15, 0.2) is 18.2 Å². The SMILES string of the molecule is Cc1ccc(C(=O)N(CCBr)C2CCCC2)c(Cl)c1. The fourth-order valence-electron chi connectivity index (χ4n) is 2.71. The standard InChI is InChI=1S/C15H19BrClNO/c1-11-6-7-13(14(17)10-11)15(19)18(9-8-16)12-4-2-3-5-12/h6-7,10,12H,2-5,8-9H2,1H3. The van der Waals surface area contributed by atoms with Gasteiger partial charge in [-0.2, -0.15) is 0 Å². The van der Waals surface area contributed by atoms with Crippen molar-refractivity contribution in [1.82, 2.24) is 4.90 Å². The highest BCUT2D eigenvalue weighted by molar-refractivity contribution is 9.09. The van der Waals surface area contributed by atoms with Gasteiger partial charge in [-0.05, 0) is 37.5 Å². The number of amides is 1. The number of benzene rings is 1. The summed E-state index contributed by atoms with van der Waals surface area (Å²) in [6.07, 6.45) is 4.67. The van der Waals surface area contributed by atoms with E-state index in [1.54, 1.807) is 0 Å². The molecular formula is C15H19BrClNO. The Hall–Kier alpha value is -0.540. The molecule has 0 aromatic heterocycles. The summed E-state index contributed by atoms with van der Waals surface area (Å²) in [5.74, 6) is 0.0661. The molecule has 0 N–H and O–H groups in total. The molecule has 1 aliphatic rings. The predicted octanol–water partition coefficient (Wildman–Crippen LogP) is 4.43. The number of carbonyl (C=O) groups excluding carboxylic acids is 1. The van der Waals surface area contributed by atoms with Crippen LogP contribution in [0.4, 0.5) is 0 Å². The van der Waals surface area contributed by atoms with E-state index in [0.717, 1.165) is 30.3 Å². The third-order valence-corrected chi connectivity index (χ3v) is 4.37. The van der Waals surface area contributed by atoms with Gasteiger partial charge in [0.25, 0.3) is 5.91 Å². The van der Waals surface area contributed by atoms with Crippen LogP contribution in [0, 0.1) is 6.92 Å². The topological polar surface area (TPSA) is 20.3 Å². The Morgan fingerprint density at radius 1 is 1.42 bits per heavy atom. The highest BCUT2D eigenvalue weighted by atomic mass is 79.9. The summed E-state index contributed by atoms with van der Waals surface area (Å²) in [6.45, 7) is 2.72. The molecule has 2 rings (SSSR count). The molecule has 1 aromatic rings. The number of hydrogen-bond acceptors (Lipinski definition) is 1. The summed E-state index contributed by atoms with van der Waals surface area (Å²) >= 11 is 9.66. The van der Waals surface area contributed by atoms with E-state index in [1.165, 1.54) is 12.8 Å². The predicted molar refractivity (Wildman–Crippen MR) is 83.3 cm³/mol. The van der Waals surface area contributed by atoms with Gasteiger partial charge in [-0.3, -0.25) is 4.79 Å². The number of nitrogens with zero attached hydrogens (tertiary/aromatic N) is 1. The van der Waals surface area contributed by atoms with Gasteiger partial charge in [0.2, 0.25) is 0 Å². The van der Waals surface area contributed by atoms with E-state index in [4.69, 9.17) is 11.6 Å². The quantitative estimate of drug-likeness (QED) is 0.740. The molecule has 0 bridgehead atoms. The molecule has 0 spiro atoms. The van der Waals surface area contributed by atoms with Gasteiger partial charge in [-0.15, -0.1) is 0 Å². The largest absolute Gasteiger partial charge is 0.335 e. The smallest absolute Gasteiger partial charge is 0.255 e. The Balaban J connectivity index is 2.22. The monoisotopic (exact) mass is 343 g/mol. The van der Waals surface area contributed by atoms with Crippen LogP contribution in [-0.2, 0) is 0 Å². The van der Waals surface area contributed by atoms with Crippen LogP contribution in [0.5, 0.6) is 0 Å². The molecule has 19 heavy (non-hydrogen) atoms. The van der Waals surface area contributed by atoms with Crippen molar-refractivity contribution in [3.05, 3.63) is 34.3 Å². The first kappa shape index (κ1) is 14.9.